The Bertz CT molecular complexity index is 502. The second kappa shape index (κ2) is 8.63. The summed E-state index contributed by atoms with van der Waals surface area (Å²) < 4.78 is 5.21. The van der Waals surface area contributed by atoms with E-state index in [1.54, 1.807) is 7.11 Å². The maximum absolute atomic E-state index is 11.6. The number of amides is 2. The number of methoxy groups -OCH3 is 1. The van der Waals surface area contributed by atoms with Gasteiger partial charge in [-0.15, -0.1) is 6.58 Å². The Kier molecular flexibility index (Phi) is 6.80. The molecule has 0 fully saturated rings. The second-order valence-corrected chi connectivity index (χ2v) is 4.38. The first-order chi connectivity index (χ1) is 10.1. The SMILES string of the molecule is C=CCC(NC(=O)NCCc1ccccc1OC)C(=O)O. The number of benzene rings is 1. The maximum Gasteiger partial charge on any atom is 0.326 e. The Morgan fingerprint density at radius 2 is 2.14 bits per heavy atom. The maximum atomic E-state index is 11.6. The summed E-state index contributed by atoms with van der Waals surface area (Å²) >= 11 is 0. The number of para-hydroxylation sites is 1. The number of carbonyl (C=O) groups is 2. The lowest BCUT2D eigenvalue weighted by Gasteiger charge is -2.14. The highest BCUT2D eigenvalue weighted by atomic mass is 16.5. The van der Waals surface area contributed by atoms with Gasteiger partial charge in [0, 0.05) is 6.54 Å². The van der Waals surface area contributed by atoms with Crippen LogP contribution in [0.3, 0.4) is 0 Å². The Balaban J connectivity index is 2.42. The van der Waals surface area contributed by atoms with Gasteiger partial charge in [-0.1, -0.05) is 24.3 Å². The fourth-order valence-electron chi connectivity index (χ4n) is 1.82. The molecular weight excluding hydrogens is 272 g/mol. The second-order valence-electron chi connectivity index (χ2n) is 4.38. The summed E-state index contributed by atoms with van der Waals surface area (Å²) in [5, 5.41) is 13.9. The van der Waals surface area contributed by atoms with Crippen molar-refractivity contribution in [3.63, 3.8) is 0 Å². The van der Waals surface area contributed by atoms with Crippen LogP contribution in [0.5, 0.6) is 5.75 Å². The monoisotopic (exact) mass is 292 g/mol. The molecule has 114 valence electrons. The molecule has 0 saturated heterocycles. The average molecular weight is 292 g/mol. The number of nitrogens with one attached hydrogen (secondary N) is 2. The first-order valence-electron chi connectivity index (χ1n) is 6.58. The fourth-order valence-corrected chi connectivity index (χ4v) is 1.82. The van der Waals surface area contributed by atoms with E-state index in [1.165, 1.54) is 6.08 Å². The van der Waals surface area contributed by atoms with E-state index < -0.39 is 18.0 Å². The van der Waals surface area contributed by atoms with Crippen molar-refractivity contribution in [1.29, 1.82) is 0 Å². The largest absolute Gasteiger partial charge is 0.496 e. The smallest absolute Gasteiger partial charge is 0.326 e. The van der Waals surface area contributed by atoms with Gasteiger partial charge in [-0.3, -0.25) is 0 Å². The Morgan fingerprint density at radius 1 is 1.43 bits per heavy atom. The number of carboxylic acids is 1. The van der Waals surface area contributed by atoms with Crippen LogP contribution in [-0.2, 0) is 11.2 Å². The van der Waals surface area contributed by atoms with Gasteiger partial charge in [0.05, 0.1) is 7.11 Å². The van der Waals surface area contributed by atoms with Crippen molar-refractivity contribution in [2.45, 2.75) is 18.9 Å². The quantitative estimate of drug-likeness (QED) is 0.635. The molecule has 2 amide bonds. The molecular formula is C15H20N2O4. The van der Waals surface area contributed by atoms with Crippen molar-refractivity contribution in [2.75, 3.05) is 13.7 Å². The molecule has 1 unspecified atom stereocenters. The van der Waals surface area contributed by atoms with Crippen LogP contribution in [0.4, 0.5) is 4.79 Å². The van der Waals surface area contributed by atoms with Crippen molar-refractivity contribution in [3.8, 4) is 5.75 Å². The lowest BCUT2D eigenvalue weighted by atomic mass is 10.1. The molecule has 1 aromatic carbocycles. The molecule has 3 N–H and O–H groups in total. The summed E-state index contributed by atoms with van der Waals surface area (Å²) in [7, 11) is 1.59. The zero-order valence-corrected chi connectivity index (χ0v) is 12.0. The topological polar surface area (TPSA) is 87.7 Å². The summed E-state index contributed by atoms with van der Waals surface area (Å²) in [6.45, 7) is 3.84. The third-order valence-electron chi connectivity index (χ3n) is 2.88. The fraction of sp³-hybridized carbons (Fsp3) is 0.333. The molecule has 0 spiro atoms. The predicted octanol–water partition coefficient (Wildman–Crippen LogP) is 1.57. The van der Waals surface area contributed by atoms with E-state index in [1.807, 2.05) is 24.3 Å². The molecule has 21 heavy (non-hydrogen) atoms. The number of carboxylic acid groups (broad SMARTS) is 1. The van der Waals surface area contributed by atoms with Crippen molar-refractivity contribution in [2.24, 2.45) is 0 Å². The van der Waals surface area contributed by atoms with Gasteiger partial charge >= 0.3 is 12.0 Å². The molecule has 0 bridgehead atoms. The zero-order chi connectivity index (χ0) is 15.7. The van der Waals surface area contributed by atoms with E-state index in [9.17, 15) is 9.59 Å². The molecule has 0 heterocycles. The van der Waals surface area contributed by atoms with Crippen LogP contribution >= 0.6 is 0 Å². The summed E-state index contributed by atoms with van der Waals surface area (Å²) in [6.07, 6.45) is 2.22. The van der Waals surface area contributed by atoms with Gasteiger partial charge in [-0.05, 0) is 24.5 Å². The van der Waals surface area contributed by atoms with Crippen molar-refractivity contribution in [3.05, 3.63) is 42.5 Å². The molecule has 0 aliphatic rings. The number of hydrogen-bond donors (Lipinski definition) is 3. The van der Waals surface area contributed by atoms with Crippen LogP contribution in [0.15, 0.2) is 36.9 Å². The lowest BCUT2D eigenvalue weighted by Crippen LogP contribution is -2.46. The molecule has 0 aliphatic heterocycles. The molecule has 6 nitrogen and oxygen atoms in total. The van der Waals surface area contributed by atoms with Crippen LogP contribution in [0.1, 0.15) is 12.0 Å². The third-order valence-corrected chi connectivity index (χ3v) is 2.88. The van der Waals surface area contributed by atoms with E-state index in [0.29, 0.717) is 13.0 Å². The van der Waals surface area contributed by atoms with Gasteiger partial charge in [-0.25, -0.2) is 9.59 Å². The number of hydrogen-bond acceptors (Lipinski definition) is 3. The van der Waals surface area contributed by atoms with Crippen molar-refractivity contribution >= 4 is 12.0 Å². The van der Waals surface area contributed by atoms with E-state index in [2.05, 4.69) is 17.2 Å². The number of rotatable bonds is 8. The predicted molar refractivity (Wildman–Crippen MR) is 79.5 cm³/mol. The Labute approximate surface area is 123 Å². The zero-order valence-electron chi connectivity index (χ0n) is 12.0. The minimum Gasteiger partial charge on any atom is -0.496 e. The molecule has 0 aliphatic carbocycles. The van der Waals surface area contributed by atoms with Crippen LogP contribution in [-0.4, -0.2) is 36.8 Å². The average Bonchev–Trinajstić information content (AvgIpc) is 2.47. The van der Waals surface area contributed by atoms with Crippen molar-refractivity contribution in [1.82, 2.24) is 10.6 Å². The number of urea groups is 1. The minimum atomic E-state index is -1.09. The first-order valence-corrected chi connectivity index (χ1v) is 6.58. The Morgan fingerprint density at radius 3 is 2.76 bits per heavy atom. The lowest BCUT2D eigenvalue weighted by molar-refractivity contribution is -0.139. The summed E-state index contributed by atoms with van der Waals surface area (Å²) in [6, 6.07) is 6.04. The van der Waals surface area contributed by atoms with Crippen LogP contribution in [0, 0.1) is 0 Å². The van der Waals surface area contributed by atoms with Gasteiger partial charge in [0.1, 0.15) is 11.8 Å². The van der Waals surface area contributed by atoms with Gasteiger partial charge in [-0.2, -0.15) is 0 Å². The minimum absolute atomic E-state index is 0.176. The van der Waals surface area contributed by atoms with Gasteiger partial charge < -0.3 is 20.5 Å². The normalized spacial score (nSPS) is 11.3. The Hall–Kier alpha value is -2.50. The van der Waals surface area contributed by atoms with Gasteiger partial charge in [0.25, 0.3) is 0 Å². The standard InChI is InChI=1S/C15H20N2O4/c1-3-6-12(14(18)19)17-15(20)16-10-9-11-7-4-5-8-13(11)21-2/h3-5,7-8,12H,1,6,9-10H2,2H3,(H,18,19)(H2,16,17,20). The van der Waals surface area contributed by atoms with E-state index >= 15 is 0 Å². The van der Waals surface area contributed by atoms with Gasteiger partial charge in [0.2, 0.25) is 0 Å². The van der Waals surface area contributed by atoms with Gasteiger partial charge in [0.15, 0.2) is 0 Å². The first kappa shape index (κ1) is 16.6. The van der Waals surface area contributed by atoms with Crippen molar-refractivity contribution < 1.29 is 19.4 Å². The number of aliphatic carboxylic acids is 1. The highest BCUT2D eigenvalue weighted by Crippen LogP contribution is 2.17. The molecule has 0 radical (unpaired) electrons. The van der Waals surface area contributed by atoms with E-state index in [4.69, 9.17) is 9.84 Å². The summed E-state index contributed by atoms with van der Waals surface area (Å²) in [5.74, 6) is -0.329. The van der Waals surface area contributed by atoms with Crippen LogP contribution < -0.4 is 15.4 Å². The molecule has 1 aromatic rings. The number of carbonyl (C=O) groups excluding carboxylic acids is 1. The van der Waals surface area contributed by atoms with Crippen LogP contribution in [0.25, 0.3) is 0 Å². The molecule has 1 atom stereocenters. The summed E-state index contributed by atoms with van der Waals surface area (Å²) in [5.41, 5.74) is 0.973. The highest BCUT2D eigenvalue weighted by molar-refractivity contribution is 5.82. The van der Waals surface area contributed by atoms with Crippen LogP contribution in [0.2, 0.25) is 0 Å². The molecule has 0 saturated carbocycles. The molecule has 6 heteroatoms. The van der Waals surface area contributed by atoms with E-state index in [0.717, 1.165) is 11.3 Å². The van der Waals surface area contributed by atoms with E-state index in [-0.39, 0.29) is 6.42 Å². The third kappa shape index (κ3) is 5.56. The highest BCUT2D eigenvalue weighted by Gasteiger charge is 2.17. The summed E-state index contributed by atoms with van der Waals surface area (Å²) in [4.78, 5) is 22.5. The molecule has 1 rings (SSSR count). The molecule has 0 aromatic heterocycles. The number of ether oxygens (including phenoxy) is 1.